The van der Waals surface area contributed by atoms with Crippen molar-refractivity contribution in [2.75, 3.05) is 17.9 Å². The second-order valence-corrected chi connectivity index (χ2v) is 6.78. The number of nitrogens with one attached hydrogen (secondary N) is 3. The van der Waals surface area contributed by atoms with Crippen LogP contribution in [0.1, 0.15) is 20.7 Å². The van der Waals surface area contributed by atoms with E-state index in [1.54, 1.807) is 36.4 Å². The molecule has 0 unspecified atom stereocenters. The predicted molar refractivity (Wildman–Crippen MR) is 115 cm³/mol. The maximum Gasteiger partial charge on any atom is 0.355 e. The van der Waals surface area contributed by atoms with Crippen LogP contribution in [0.2, 0.25) is 0 Å². The Kier molecular flexibility index (Phi) is 6.72. The van der Waals surface area contributed by atoms with Gasteiger partial charge in [-0.05, 0) is 52.3 Å². The van der Waals surface area contributed by atoms with Crippen molar-refractivity contribution in [2.24, 2.45) is 0 Å². The maximum absolute atomic E-state index is 12.3. The molecule has 31 heavy (non-hydrogen) atoms. The Morgan fingerprint density at radius 2 is 1.74 bits per heavy atom. The number of aromatic nitrogens is 2. The number of carbonyl (C=O) groups excluding carboxylic acids is 2. The Bertz CT molecular complexity index is 1140. The van der Waals surface area contributed by atoms with Crippen LogP contribution in [0.15, 0.2) is 59.3 Å². The predicted octanol–water partition coefficient (Wildman–Crippen LogP) is 3.43. The summed E-state index contributed by atoms with van der Waals surface area (Å²) in [6.45, 7) is 0. The fraction of sp³-hybridized carbons (Fsp3) is 0.0526. The molecular weight excluding hydrogens is 472 g/mol. The first kappa shape index (κ1) is 21.6. The van der Waals surface area contributed by atoms with Gasteiger partial charge in [0.2, 0.25) is 11.6 Å². The molecule has 0 bridgehead atoms. The summed E-state index contributed by atoms with van der Waals surface area (Å²) in [5.41, 5.74) is 5.45. The number of carbonyl (C=O) groups is 2. The van der Waals surface area contributed by atoms with Gasteiger partial charge in [-0.1, -0.05) is 12.1 Å². The molecule has 0 spiro atoms. The lowest BCUT2D eigenvalue weighted by Gasteiger charge is -2.11. The van der Waals surface area contributed by atoms with Crippen molar-refractivity contribution >= 4 is 50.8 Å². The van der Waals surface area contributed by atoms with Crippen molar-refractivity contribution in [3.05, 3.63) is 80.6 Å². The van der Waals surface area contributed by atoms with Gasteiger partial charge >= 0.3 is 11.7 Å². The summed E-state index contributed by atoms with van der Waals surface area (Å²) in [6, 6.07) is 12.8. The van der Waals surface area contributed by atoms with Crippen molar-refractivity contribution in [3.8, 4) is 0 Å². The van der Waals surface area contributed by atoms with Gasteiger partial charge in [-0.15, -0.1) is 0 Å². The van der Waals surface area contributed by atoms with Crippen molar-refractivity contribution < 1.29 is 19.2 Å². The first-order valence-corrected chi connectivity index (χ1v) is 9.45. The number of benzene rings is 2. The molecular formula is C19H15BrN6O5. The molecule has 2 aromatic carbocycles. The van der Waals surface area contributed by atoms with Gasteiger partial charge in [0.1, 0.15) is 6.33 Å². The van der Waals surface area contributed by atoms with E-state index >= 15 is 0 Å². The minimum absolute atomic E-state index is 0.108. The van der Waals surface area contributed by atoms with Gasteiger partial charge < -0.3 is 10.1 Å². The Hall–Kier alpha value is -4.06. The second-order valence-electron chi connectivity index (χ2n) is 5.93. The van der Waals surface area contributed by atoms with E-state index in [1.807, 2.05) is 0 Å². The number of hydrogen-bond donors (Lipinski definition) is 3. The minimum Gasteiger partial charge on any atom is -0.465 e. The zero-order valence-corrected chi connectivity index (χ0v) is 17.5. The maximum atomic E-state index is 12.3. The summed E-state index contributed by atoms with van der Waals surface area (Å²) in [7, 11) is 1.27. The first-order valence-electron chi connectivity index (χ1n) is 8.66. The number of rotatable bonds is 7. The van der Waals surface area contributed by atoms with Crippen molar-refractivity contribution in [1.82, 2.24) is 15.4 Å². The molecule has 1 amide bonds. The molecule has 0 aliphatic carbocycles. The monoisotopic (exact) mass is 486 g/mol. The van der Waals surface area contributed by atoms with E-state index in [0.29, 0.717) is 21.3 Å². The number of hydrazine groups is 1. The molecule has 0 saturated heterocycles. The average Bonchev–Trinajstić information content (AvgIpc) is 2.77. The van der Waals surface area contributed by atoms with E-state index < -0.39 is 22.5 Å². The highest BCUT2D eigenvalue weighted by Crippen LogP contribution is 2.31. The lowest BCUT2D eigenvalue weighted by Crippen LogP contribution is -2.30. The molecule has 0 saturated carbocycles. The summed E-state index contributed by atoms with van der Waals surface area (Å²) >= 11 is 3.27. The third-order valence-electron chi connectivity index (χ3n) is 3.99. The van der Waals surface area contributed by atoms with E-state index in [1.165, 1.54) is 19.2 Å². The topological polar surface area (TPSA) is 148 Å². The van der Waals surface area contributed by atoms with Gasteiger partial charge in [-0.2, -0.15) is 0 Å². The van der Waals surface area contributed by atoms with Crippen LogP contribution in [0.5, 0.6) is 0 Å². The summed E-state index contributed by atoms with van der Waals surface area (Å²) in [4.78, 5) is 42.6. The van der Waals surface area contributed by atoms with Crippen LogP contribution in [-0.4, -0.2) is 33.9 Å². The molecule has 0 atom stereocenters. The third-order valence-corrected chi connectivity index (χ3v) is 4.68. The Labute approximate surface area is 184 Å². The van der Waals surface area contributed by atoms with Crippen molar-refractivity contribution in [1.29, 1.82) is 0 Å². The second kappa shape index (κ2) is 9.63. The zero-order valence-electron chi connectivity index (χ0n) is 16.0. The van der Waals surface area contributed by atoms with Crippen LogP contribution in [0.25, 0.3) is 0 Å². The quantitative estimate of drug-likeness (QED) is 0.259. The average molecular weight is 487 g/mol. The van der Waals surface area contributed by atoms with E-state index in [9.17, 15) is 19.7 Å². The summed E-state index contributed by atoms with van der Waals surface area (Å²) in [6.07, 6.45) is 1.10. The highest BCUT2D eigenvalue weighted by Gasteiger charge is 2.24. The Morgan fingerprint density at radius 1 is 1.06 bits per heavy atom. The van der Waals surface area contributed by atoms with Gasteiger partial charge in [0.15, 0.2) is 0 Å². The Balaban J connectivity index is 1.81. The molecule has 158 valence electrons. The lowest BCUT2D eigenvalue weighted by atomic mass is 10.2. The largest absolute Gasteiger partial charge is 0.465 e. The number of anilines is 3. The van der Waals surface area contributed by atoms with Crippen LogP contribution in [0.4, 0.5) is 23.0 Å². The number of halogens is 1. The fourth-order valence-corrected chi connectivity index (χ4v) is 2.97. The molecule has 0 aliphatic rings. The zero-order chi connectivity index (χ0) is 22.4. The van der Waals surface area contributed by atoms with Crippen LogP contribution in [-0.2, 0) is 4.74 Å². The van der Waals surface area contributed by atoms with E-state index in [4.69, 9.17) is 0 Å². The van der Waals surface area contributed by atoms with E-state index in [-0.39, 0.29) is 11.6 Å². The molecule has 3 aromatic rings. The number of esters is 1. The van der Waals surface area contributed by atoms with Crippen molar-refractivity contribution in [2.45, 2.75) is 0 Å². The molecule has 0 aliphatic heterocycles. The molecule has 12 heteroatoms. The lowest BCUT2D eigenvalue weighted by molar-refractivity contribution is -0.383. The molecule has 3 rings (SSSR count). The molecule has 3 N–H and O–H groups in total. The van der Waals surface area contributed by atoms with Gasteiger partial charge in [-0.25, -0.2) is 14.8 Å². The van der Waals surface area contributed by atoms with Gasteiger partial charge in [0, 0.05) is 10.2 Å². The van der Waals surface area contributed by atoms with Gasteiger partial charge in [-0.3, -0.25) is 25.8 Å². The van der Waals surface area contributed by atoms with Crippen molar-refractivity contribution in [3.63, 3.8) is 0 Å². The van der Waals surface area contributed by atoms with E-state index in [2.05, 4.69) is 46.8 Å². The number of methoxy groups -OCH3 is 1. The number of ether oxygens (including phenoxy) is 1. The highest BCUT2D eigenvalue weighted by atomic mass is 79.9. The number of hydrogen-bond acceptors (Lipinski definition) is 9. The van der Waals surface area contributed by atoms with Crippen LogP contribution >= 0.6 is 15.9 Å². The summed E-state index contributed by atoms with van der Waals surface area (Å²) in [5, 5.41) is 14.4. The van der Waals surface area contributed by atoms with E-state index in [0.717, 1.165) is 6.33 Å². The molecule has 11 nitrogen and oxygen atoms in total. The normalized spacial score (nSPS) is 10.1. The van der Waals surface area contributed by atoms with Crippen LogP contribution < -0.4 is 16.2 Å². The summed E-state index contributed by atoms with van der Waals surface area (Å²) < 4.78 is 5.19. The van der Waals surface area contributed by atoms with Crippen LogP contribution in [0.3, 0.4) is 0 Å². The number of nitro groups is 1. The first-order chi connectivity index (χ1) is 14.9. The standard InChI is InChI=1S/C19H15BrN6O5/c1-31-19(28)11-6-8-12(9-7-11)23-16-15(26(29)30)17(22-10-21-16)24-25-18(27)13-4-2-3-5-14(13)20/h2-10H,1H3,(H,25,27)(H2,21,22,23,24). The smallest absolute Gasteiger partial charge is 0.355 e. The summed E-state index contributed by atoms with van der Waals surface area (Å²) in [5.74, 6) is -1.35. The molecule has 0 fully saturated rings. The molecule has 1 heterocycles. The Morgan fingerprint density at radius 3 is 2.39 bits per heavy atom. The fourth-order valence-electron chi connectivity index (χ4n) is 2.51. The highest BCUT2D eigenvalue weighted by molar-refractivity contribution is 9.10. The molecule has 1 aromatic heterocycles. The third kappa shape index (κ3) is 5.11. The minimum atomic E-state index is -0.682. The number of nitrogens with zero attached hydrogens (tertiary/aromatic N) is 3. The number of amides is 1. The molecule has 0 radical (unpaired) electrons. The van der Waals surface area contributed by atoms with Crippen LogP contribution in [0, 0.1) is 10.1 Å². The van der Waals surface area contributed by atoms with Gasteiger partial charge in [0.05, 0.1) is 23.2 Å². The SMILES string of the molecule is COC(=O)c1ccc(Nc2ncnc(NNC(=O)c3ccccc3Br)c2[N+](=O)[O-])cc1. The van der Waals surface area contributed by atoms with Gasteiger partial charge in [0.25, 0.3) is 5.91 Å².